The SMILES string of the molecule is Cc1cnc(-c2ccccc2)c(C)n1. The van der Waals surface area contributed by atoms with E-state index in [-0.39, 0.29) is 0 Å². The lowest BCUT2D eigenvalue weighted by molar-refractivity contribution is 1.06. The Balaban J connectivity index is 2.53. The zero-order valence-corrected chi connectivity index (χ0v) is 8.36. The highest BCUT2D eigenvalue weighted by atomic mass is 14.8. The van der Waals surface area contributed by atoms with Crippen molar-refractivity contribution < 1.29 is 0 Å². The lowest BCUT2D eigenvalue weighted by Crippen LogP contribution is -1.93. The summed E-state index contributed by atoms with van der Waals surface area (Å²) in [6.07, 6.45) is 1.80. The molecule has 0 aliphatic rings. The average molecular weight is 184 g/mol. The van der Waals surface area contributed by atoms with E-state index in [1.165, 1.54) is 0 Å². The van der Waals surface area contributed by atoms with Crippen molar-refractivity contribution in [2.45, 2.75) is 13.8 Å². The monoisotopic (exact) mass is 184 g/mol. The Kier molecular flexibility index (Phi) is 2.27. The third-order valence-electron chi connectivity index (χ3n) is 2.11. The highest BCUT2D eigenvalue weighted by Gasteiger charge is 2.03. The second-order valence-electron chi connectivity index (χ2n) is 3.31. The van der Waals surface area contributed by atoms with Gasteiger partial charge < -0.3 is 0 Å². The molecule has 0 radical (unpaired) electrons. The van der Waals surface area contributed by atoms with Gasteiger partial charge in [-0.1, -0.05) is 30.3 Å². The van der Waals surface area contributed by atoms with Crippen LogP contribution in [0.1, 0.15) is 11.4 Å². The van der Waals surface area contributed by atoms with Crippen molar-refractivity contribution in [2.24, 2.45) is 0 Å². The fourth-order valence-corrected chi connectivity index (χ4v) is 1.48. The van der Waals surface area contributed by atoms with Gasteiger partial charge in [0.15, 0.2) is 0 Å². The van der Waals surface area contributed by atoms with Crippen LogP contribution in [0.15, 0.2) is 36.5 Å². The van der Waals surface area contributed by atoms with Crippen LogP contribution in [0.2, 0.25) is 0 Å². The van der Waals surface area contributed by atoms with E-state index < -0.39 is 0 Å². The Morgan fingerprint density at radius 1 is 1.00 bits per heavy atom. The molecule has 70 valence electrons. The molecule has 1 heterocycles. The minimum Gasteiger partial charge on any atom is -0.255 e. The van der Waals surface area contributed by atoms with Crippen LogP contribution < -0.4 is 0 Å². The zero-order chi connectivity index (χ0) is 9.97. The van der Waals surface area contributed by atoms with Crippen molar-refractivity contribution in [1.29, 1.82) is 0 Å². The molecule has 0 saturated heterocycles. The third-order valence-corrected chi connectivity index (χ3v) is 2.11. The molecule has 0 fully saturated rings. The largest absolute Gasteiger partial charge is 0.255 e. The van der Waals surface area contributed by atoms with Crippen LogP contribution in [0.3, 0.4) is 0 Å². The number of nitrogens with zero attached hydrogens (tertiary/aromatic N) is 2. The van der Waals surface area contributed by atoms with Gasteiger partial charge in [-0.25, -0.2) is 0 Å². The molecule has 14 heavy (non-hydrogen) atoms. The maximum atomic E-state index is 4.39. The Morgan fingerprint density at radius 2 is 1.71 bits per heavy atom. The molecule has 2 rings (SSSR count). The Bertz CT molecular complexity index is 435. The fraction of sp³-hybridized carbons (Fsp3) is 0.167. The summed E-state index contributed by atoms with van der Waals surface area (Å²) in [5.41, 5.74) is 4.03. The molecule has 1 aromatic heterocycles. The standard InChI is InChI=1S/C12H12N2/c1-9-8-13-12(10(2)14-9)11-6-4-3-5-7-11/h3-8H,1-2H3. The van der Waals surface area contributed by atoms with Gasteiger partial charge in [-0.05, 0) is 13.8 Å². The third kappa shape index (κ3) is 1.64. The van der Waals surface area contributed by atoms with Gasteiger partial charge in [-0.15, -0.1) is 0 Å². The summed E-state index contributed by atoms with van der Waals surface area (Å²) in [5, 5.41) is 0. The van der Waals surface area contributed by atoms with Crippen molar-refractivity contribution >= 4 is 0 Å². The molecule has 1 aromatic carbocycles. The molecule has 0 saturated carbocycles. The summed E-state index contributed by atoms with van der Waals surface area (Å²) in [7, 11) is 0. The van der Waals surface area contributed by atoms with E-state index >= 15 is 0 Å². The molecular weight excluding hydrogens is 172 g/mol. The molecule has 0 aliphatic heterocycles. The molecule has 2 heteroatoms. The lowest BCUT2D eigenvalue weighted by Gasteiger charge is -2.04. The molecule has 2 aromatic rings. The van der Waals surface area contributed by atoms with Crippen LogP contribution >= 0.6 is 0 Å². The predicted octanol–water partition coefficient (Wildman–Crippen LogP) is 2.76. The smallest absolute Gasteiger partial charge is 0.0914 e. The van der Waals surface area contributed by atoms with E-state index in [2.05, 4.69) is 9.97 Å². The van der Waals surface area contributed by atoms with Crippen molar-refractivity contribution in [3.63, 3.8) is 0 Å². The van der Waals surface area contributed by atoms with Gasteiger partial charge in [0.05, 0.1) is 17.1 Å². The van der Waals surface area contributed by atoms with Crippen LogP contribution in [0.25, 0.3) is 11.3 Å². The number of hydrogen-bond donors (Lipinski definition) is 0. The minimum atomic E-state index is 0.960. The first-order valence-electron chi connectivity index (χ1n) is 4.63. The summed E-state index contributed by atoms with van der Waals surface area (Å²) >= 11 is 0. The summed E-state index contributed by atoms with van der Waals surface area (Å²) in [4.78, 5) is 8.77. The van der Waals surface area contributed by atoms with Crippen LogP contribution in [0, 0.1) is 13.8 Å². The van der Waals surface area contributed by atoms with E-state index in [1.54, 1.807) is 6.20 Å². The molecular formula is C12H12N2. The average Bonchev–Trinajstić information content (AvgIpc) is 2.19. The van der Waals surface area contributed by atoms with E-state index in [1.807, 2.05) is 44.2 Å². The van der Waals surface area contributed by atoms with Gasteiger partial charge in [0.2, 0.25) is 0 Å². The van der Waals surface area contributed by atoms with Crippen molar-refractivity contribution in [3.05, 3.63) is 47.9 Å². The van der Waals surface area contributed by atoms with Gasteiger partial charge in [-0.2, -0.15) is 0 Å². The van der Waals surface area contributed by atoms with Crippen LogP contribution in [0.5, 0.6) is 0 Å². The predicted molar refractivity (Wildman–Crippen MR) is 56.9 cm³/mol. The van der Waals surface area contributed by atoms with Crippen LogP contribution in [-0.4, -0.2) is 9.97 Å². The lowest BCUT2D eigenvalue weighted by atomic mass is 10.1. The quantitative estimate of drug-likeness (QED) is 0.681. The van der Waals surface area contributed by atoms with Gasteiger partial charge in [0.1, 0.15) is 0 Å². The Labute approximate surface area is 83.7 Å². The second-order valence-corrected chi connectivity index (χ2v) is 3.31. The highest BCUT2D eigenvalue weighted by molar-refractivity contribution is 5.60. The number of rotatable bonds is 1. The Morgan fingerprint density at radius 3 is 2.36 bits per heavy atom. The van der Waals surface area contributed by atoms with E-state index in [9.17, 15) is 0 Å². The van der Waals surface area contributed by atoms with Gasteiger partial charge in [0.25, 0.3) is 0 Å². The number of aromatic nitrogens is 2. The van der Waals surface area contributed by atoms with Crippen molar-refractivity contribution in [2.75, 3.05) is 0 Å². The molecule has 0 N–H and O–H groups in total. The molecule has 0 bridgehead atoms. The summed E-state index contributed by atoms with van der Waals surface area (Å²) in [6.45, 7) is 3.94. The molecule has 0 atom stereocenters. The van der Waals surface area contributed by atoms with Gasteiger partial charge in [0, 0.05) is 11.8 Å². The van der Waals surface area contributed by atoms with Gasteiger partial charge >= 0.3 is 0 Å². The summed E-state index contributed by atoms with van der Waals surface area (Å²) in [5.74, 6) is 0. The molecule has 0 spiro atoms. The normalized spacial score (nSPS) is 10.1. The topological polar surface area (TPSA) is 25.8 Å². The Hall–Kier alpha value is -1.70. The second kappa shape index (κ2) is 3.58. The zero-order valence-electron chi connectivity index (χ0n) is 8.36. The van der Waals surface area contributed by atoms with Crippen LogP contribution in [-0.2, 0) is 0 Å². The van der Waals surface area contributed by atoms with E-state index in [0.29, 0.717) is 0 Å². The molecule has 0 unspecified atom stereocenters. The highest BCUT2D eigenvalue weighted by Crippen LogP contribution is 2.18. The first-order chi connectivity index (χ1) is 6.77. The molecule has 0 aliphatic carbocycles. The number of benzene rings is 1. The van der Waals surface area contributed by atoms with E-state index in [4.69, 9.17) is 0 Å². The van der Waals surface area contributed by atoms with E-state index in [0.717, 1.165) is 22.6 Å². The van der Waals surface area contributed by atoms with Crippen molar-refractivity contribution in [3.8, 4) is 11.3 Å². The minimum absolute atomic E-state index is 0.960. The van der Waals surface area contributed by atoms with Crippen LogP contribution in [0.4, 0.5) is 0 Å². The number of hydrogen-bond acceptors (Lipinski definition) is 2. The number of aryl methyl sites for hydroxylation is 2. The summed E-state index contributed by atoms with van der Waals surface area (Å²) < 4.78 is 0. The van der Waals surface area contributed by atoms with Crippen molar-refractivity contribution in [1.82, 2.24) is 9.97 Å². The maximum absolute atomic E-state index is 4.39. The maximum Gasteiger partial charge on any atom is 0.0914 e. The molecule has 0 amide bonds. The first-order valence-corrected chi connectivity index (χ1v) is 4.63. The fourth-order valence-electron chi connectivity index (χ4n) is 1.48. The molecule has 2 nitrogen and oxygen atoms in total. The first kappa shape index (κ1) is 8.88. The summed E-state index contributed by atoms with van der Waals surface area (Å²) in [6, 6.07) is 10.1. The van der Waals surface area contributed by atoms with Gasteiger partial charge in [-0.3, -0.25) is 9.97 Å².